The van der Waals surface area contributed by atoms with E-state index in [1.165, 1.54) is 0 Å². The average molecular weight is 171 g/mol. The molecule has 0 aromatic carbocycles. The van der Waals surface area contributed by atoms with Crippen molar-refractivity contribution in [1.82, 2.24) is 4.90 Å². The second kappa shape index (κ2) is 3.74. The first-order valence-corrected chi connectivity index (χ1v) is 4.45. The Labute approximate surface area is 72.9 Å². The van der Waals surface area contributed by atoms with E-state index in [4.69, 9.17) is 14.0 Å². The molecule has 0 radical (unpaired) electrons. The molecule has 0 aliphatic carbocycles. The summed E-state index contributed by atoms with van der Waals surface area (Å²) < 4.78 is 16.2. The fourth-order valence-corrected chi connectivity index (χ4v) is 1.57. The lowest BCUT2D eigenvalue weighted by Gasteiger charge is -2.33. The molecule has 0 N–H and O–H groups in total. The predicted octanol–water partition coefficient (Wildman–Crippen LogP) is -0.261. The summed E-state index contributed by atoms with van der Waals surface area (Å²) in [5.74, 6) is 0. The van der Waals surface area contributed by atoms with Crippen LogP contribution in [-0.4, -0.2) is 51.2 Å². The molecule has 0 aromatic rings. The van der Waals surface area contributed by atoms with Gasteiger partial charge in [-0.3, -0.25) is 4.90 Å². The molecule has 1 unspecified atom stereocenters. The van der Waals surface area contributed by atoms with Gasteiger partial charge in [0.1, 0.15) is 0 Å². The zero-order chi connectivity index (χ0) is 8.39. The molecule has 1 atom stereocenters. The van der Waals surface area contributed by atoms with Crippen molar-refractivity contribution in [2.24, 2.45) is 0 Å². The second-order valence-corrected chi connectivity index (χ2v) is 3.28. The highest BCUT2D eigenvalue weighted by atomic mass is 16.7. The summed E-state index contributed by atoms with van der Waals surface area (Å²) in [6, 6.07) is 0. The third-order valence-corrected chi connectivity index (χ3v) is 2.18. The number of hydrogen-bond donors (Lipinski definition) is 0. The number of nitrogens with zero attached hydrogens (tertiary/aromatic N) is 1. The molecule has 0 aromatic heterocycles. The molecular formula is C7H14BNO3. The van der Waals surface area contributed by atoms with Crippen molar-refractivity contribution in [3.05, 3.63) is 0 Å². The number of fused-ring (bicyclic) bond motifs is 6. The first-order valence-electron chi connectivity index (χ1n) is 4.45. The summed E-state index contributed by atoms with van der Waals surface area (Å²) in [5, 5.41) is 0. The molecule has 3 saturated heterocycles. The first-order chi connectivity index (χ1) is 5.84. The van der Waals surface area contributed by atoms with E-state index < -0.39 is 7.32 Å². The van der Waals surface area contributed by atoms with Crippen LogP contribution in [0.5, 0.6) is 0 Å². The van der Waals surface area contributed by atoms with Crippen molar-refractivity contribution in [2.75, 3.05) is 32.8 Å². The summed E-state index contributed by atoms with van der Waals surface area (Å²) in [6.07, 6.45) is 0.204. The van der Waals surface area contributed by atoms with Crippen molar-refractivity contribution in [1.29, 1.82) is 0 Å². The van der Waals surface area contributed by atoms with Gasteiger partial charge in [0.05, 0.1) is 6.10 Å². The van der Waals surface area contributed by atoms with E-state index in [1.54, 1.807) is 0 Å². The molecule has 3 aliphatic heterocycles. The van der Waals surface area contributed by atoms with Crippen LogP contribution >= 0.6 is 0 Å². The largest absolute Gasteiger partial charge is 0.639 e. The highest BCUT2D eigenvalue weighted by Crippen LogP contribution is 2.09. The molecule has 2 bridgehead atoms. The Morgan fingerprint density at radius 3 is 2.58 bits per heavy atom. The standard InChI is InChI=1S/C7H14BNO3/c1-7-6-9-2-4-10-8(12-7)11-5-3-9/h7H,2-6H2,1H3. The van der Waals surface area contributed by atoms with Crippen LogP contribution in [0.15, 0.2) is 0 Å². The van der Waals surface area contributed by atoms with Gasteiger partial charge < -0.3 is 14.0 Å². The van der Waals surface area contributed by atoms with Crippen LogP contribution in [0.4, 0.5) is 0 Å². The van der Waals surface area contributed by atoms with E-state index in [1.807, 2.05) is 6.92 Å². The van der Waals surface area contributed by atoms with Gasteiger partial charge in [0.25, 0.3) is 0 Å². The zero-order valence-electron chi connectivity index (χ0n) is 7.36. The van der Waals surface area contributed by atoms with Gasteiger partial charge in [-0.15, -0.1) is 0 Å². The van der Waals surface area contributed by atoms with Crippen molar-refractivity contribution < 1.29 is 14.0 Å². The molecule has 3 heterocycles. The van der Waals surface area contributed by atoms with E-state index >= 15 is 0 Å². The number of rotatable bonds is 0. The molecule has 3 aliphatic rings. The van der Waals surface area contributed by atoms with Crippen LogP contribution in [0.3, 0.4) is 0 Å². The second-order valence-electron chi connectivity index (χ2n) is 3.28. The van der Waals surface area contributed by atoms with Crippen molar-refractivity contribution in [3.63, 3.8) is 0 Å². The van der Waals surface area contributed by atoms with E-state index in [0.717, 1.165) is 19.6 Å². The normalized spacial score (nSPS) is 37.2. The Morgan fingerprint density at radius 2 is 1.92 bits per heavy atom. The Hall–Kier alpha value is -0.0951. The molecule has 5 heteroatoms. The van der Waals surface area contributed by atoms with Gasteiger partial charge in [-0.2, -0.15) is 0 Å². The van der Waals surface area contributed by atoms with Crippen LogP contribution in [-0.2, 0) is 14.0 Å². The minimum atomic E-state index is -0.428. The molecule has 12 heavy (non-hydrogen) atoms. The van der Waals surface area contributed by atoms with Crippen molar-refractivity contribution >= 4 is 7.32 Å². The van der Waals surface area contributed by atoms with Crippen LogP contribution in [0.1, 0.15) is 6.92 Å². The Morgan fingerprint density at radius 1 is 1.25 bits per heavy atom. The Kier molecular flexibility index (Phi) is 2.65. The van der Waals surface area contributed by atoms with Gasteiger partial charge in [-0.1, -0.05) is 0 Å². The summed E-state index contributed by atoms with van der Waals surface area (Å²) in [7, 11) is -0.428. The van der Waals surface area contributed by atoms with Crippen molar-refractivity contribution in [2.45, 2.75) is 13.0 Å². The fourth-order valence-electron chi connectivity index (χ4n) is 1.57. The zero-order valence-corrected chi connectivity index (χ0v) is 7.36. The molecule has 4 nitrogen and oxygen atoms in total. The third-order valence-electron chi connectivity index (χ3n) is 2.18. The highest BCUT2D eigenvalue weighted by molar-refractivity contribution is 6.36. The summed E-state index contributed by atoms with van der Waals surface area (Å²) in [4.78, 5) is 2.31. The molecule has 0 amide bonds. The number of hydrogen-bond acceptors (Lipinski definition) is 4. The van der Waals surface area contributed by atoms with Crippen LogP contribution < -0.4 is 0 Å². The molecule has 68 valence electrons. The van der Waals surface area contributed by atoms with Gasteiger partial charge in [-0.05, 0) is 6.92 Å². The smallest absolute Gasteiger partial charge is 0.385 e. The van der Waals surface area contributed by atoms with E-state index in [9.17, 15) is 0 Å². The maximum absolute atomic E-state index is 5.48. The quantitative estimate of drug-likeness (QED) is 0.470. The maximum atomic E-state index is 5.48. The van der Waals surface area contributed by atoms with Crippen LogP contribution in [0.2, 0.25) is 0 Å². The van der Waals surface area contributed by atoms with Gasteiger partial charge in [0.15, 0.2) is 0 Å². The van der Waals surface area contributed by atoms with E-state index in [2.05, 4.69) is 4.90 Å². The molecule has 0 spiro atoms. The SMILES string of the molecule is CC1CN2CCOB(OCC2)O1. The molecule has 3 rings (SSSR count). The minimum absolute atomic E-state index is 0.204. The lowest BCUT2D eigenvalue weighted by molar-refractivity contribution is -0.0131. The first kappa shape index (κ1) is 8.50. The van der Waals surface area contributed by atoms with Crippen LogP contribution in [0, 0.1) is 0 Å². The van der Waals surface area contributed by atoms with E-state index in [0.29, 0.717) is 13.2 Å². The fraction of sp³-hybridized carbons (Fsp3) is 1.00. The maximum Gasteiger partial charge on any atom is 0.639 e. The molecule has 0 saturated carbocycles. The summed E-state index contributed by atoms with van der Waals surface area (Å²) in [5.41, 5.74) is 0. The van der Waals surface area contributed by atoms with Gasteiger partial charge in [0.2, 0.25) is 0 Å². The molecular weight excluding hydrogens is 157 g/mol. The molecule has 3 fully saturated rings. The van der Waals surface area contributed by atoms with E-state index in [-0.39, 0.29) is 6.10 Å². The van der Waals surface area contributed by atoms with Crippen LogP contribution in [0.25, 0.3) is 0 Å². The van der Waals surface area contributed by atoms with Gasteiger partial charge in [-0.25, -0.2) is 0 Å². The van der Waals surface area contributed by atoms with Gasteiger partial charge in [0, 0.05) is 32.8 Å². The third kappa shape index (κ3) is 1.98. The topological polar surface area (TPSA) is 30.9 Å². The lowest BCUT2D eigenvalue weighted by atomic mass is 10.1. The Balaban J connectivity index is 2.01. The van der Waals surface area contributed by atoms with Gasteiger partial charge >= 0.3 is 7.32 Å². The summed E-state index contributed by atoms with van der Waals surface area (Å²) in [6.45, 7) is 6.43. The minimum Gasteiger partial charge on any atom is -0.385 e. The Bertz CT molecular complexity index is 134. The predicted molar refractivity (Wildman–Crippen MR) is 44.6 cm³/mol. The highest BCUT2D eigenvalue weighted by Gasteiger charge is 2.30. The lowest BCUT2D eigenvalue weighted by Crippen LogP contribution is -2.48. The summed E-state index contributed by atoms with van der Waals surface area (Å²) >= 11 is 0. The monoisotopic (exact) mass is 171 g/mol. The average Bonchev–Trinajstić information content (AvgIpc) is 1.91. The van der Waals surface area contributed by atoms with Crippen molar-refractivity contribution in [3.8, 4) is 0 Å².